The van der Waals surface area contributed by atoms with E-state index in [1.807, 2.05) is 0 Å². The molecule has 2 atom stereocenters. The summed E-state index contributed by atoms with van der Waals surface area (Å²) >= 11 is 0. The zero-order valence-electron chi connectivity index (χ0n) is 6.57. The van der Waals surface area contributed by atoms with Gasteiger partial charge in [0, 0.05) is 5.54 Å². The molecule has 0 heterocycles. The maximum atomic E-state index is 12.0. The first kappa shape index (κ1) is 7.99. The molecule has 1 aliphatic carbocycles. The van der Waals surface area contributed by atoms with E-state index in [0.29, 0.717) is 12.3 Å². The van der Waals surface area contributed by atoms with Gasteiger partial charge in [-0.3, -0.25) is 4.39 Å². The summed E-state index contributed by atoms with van der Waals surface area (Å²) in [5.74, 6) is 0.517. The minimum absolute atomic E-state index is 0.172. The Morgan fingerprint density at radius 1 is 1.70 bits per heavy atom. The zero-order chi connectivity index (χ0) is 7.61. The third-order valence-corrected chi connectivity index (χ3v) is 2.82. The van der Waals surface area contributed by atoms with Crippen LogP contribution in [0.3, 0.4) is 0 Å². The fourth-order valence-electron chi connectivity index (χ4n) is 1.82. The second kappa shape index (κ2) is 2.87. The highest BCUT2D eigenvalue weighted by Crippen LogP contribution is 2.35. The monoisotopic (exact) mass is 145 g/mol. The van der Waals surface area contributed by atoms with E-state index in [4.69, 9.17) is 5.73 Å². The van der Waals surface area contributed by atoms with Crippen molar-refractivity contribution in [2.75, 3.05) is 6.67 Å². The summed E-state index contributed by atoms with van der Waals surface area (Å²) < 4.78 is 12.0. The van der Waals surface area contributed by atoms with Gasteiger partial charge in [-0.2, -0.15) is 0 Å². The average Bonchev–Trinajstić information content (AvgIpc) is 2.15. The minimum atomic E-state index is -0.263. The van der Waals surface area contributed by atoms with Crippen molar-refractivity contribution in [3.8, 4) is 0 Å². The summed E-state index contributed by atoms with van der Waals surface area (Å²) in [7, 11) is 0. The second-order valence-electron chi connectivity index (χ2n) is 3.47. The lowest BCUT2D eigenvalue weighted by Crippen LogP contribution is -2.42. The Labute approximate surface area is 61.8 Å². The predicted molar refractivity (Wildman–Crippen MR) is 40.5 cm³/mol. The minimum Gasteiger partial charge on any atom is -0.325 e. The standard InChI is InChI=1S/C8H16FN/c1-7-3-2-4-8(7,10)5-6-9/h7H,2-6,10H2,1H3. The van der Waals surface area contributed by atoms with E-state index in [-0.39, 0.29) is 12.2 Å². The molecule has 0 saturated heterocycles. The fourth-order valence-corrected chi connectivity index (χ4v) is 1.82. The predicted octanol–water partition coefficient (Wildman–Crippen LogP) is 1.86. The van der Waals surface area contributed by atoms with Gasteiger partial charge in [-0.15, -0.1) is 0 Å². The number of hydrogen-bond acceptors (Lipinski definition) is 1. The van der Waals surface area contributed by atoms with Crippen molar-refractivity contribution in [3.05, 3.63) is 0 Å². The highest BCUT2D eigenvalue weighted by atomic mass is 19.1. The number of halogens is 1. The van der Waals surface area contributed by atoms with Crippen LogP contribution in [-0.2, 0) is 0 Å². The molecule has 1 fully saturated rings. The molecule has 0 spiro atoms. The molecule has 0 aromatic rings. The number of nitrogens with two attached hydrogens (primary N) is 1. The van der Waals surface area contributed by atoms with Crippen molar-refractivity contribution >= 4 is 0 Å². The van der Waals surface area contributed by atoms with Crippen molar-refractivity contribution in [2.45, 2.75) is 38.1 Å². The van der Waals surface area contributed by atoms with Crippen LogP contribution in [0.2, 0.25) is 0 Å². The van der Waals surface area contributed by atoms with Gasteiger partial charge in [-0.25, -0.2) is 0 Å². The van der Waals surface area contributed by atoms with Gasteiger partial charge in [0.2, 0.25) is 0 Å². The van der Waals surface area contributed by atoms with Crippen LogP contribution in [0.5, 0.6) is 0 Å². The van der Waals surface area contributed by atoms with E-state index in [2.05, 4.69) is 6.92 Å². The van der Waals surface area contributed by atoms with Gasteiger partial charge < -0.3 is 5.73 Å². The van der Waals surface area contributed by atoms with Crippen LogP contribution < -0.4 is 5.73 Å². The Morgan fingerprint density at radius 3 is 2.80 bits per heavy atom. The van der Waals surface area contributed by atoms with Crippen LogP contribution in [0.25, 0.3) is 0 Å². The topological polar surface area (TPSA) is 26.0 Å². The molecule has 0 aliphatic heterocycles. The molecular formula is C8H16FN. The molecular weight excluding hydrogens is 129 g/mol. The Kier molecular flexibility index (Phi) is 2.29. The molecule has 1 aliphatic rings. The van der Waals surface area contributed by atoms with Gasteiger partial charge in [0.15, 0.2) is 0 Å². The van der Waals surface area contributed by atoms with E-state index in [1.54, 1.807) is 0 Å². The molecule has 0 radical (unpaired) electrons. The smallest absolute Gasteiger partial charge is 0.0912 e. The Balaban J connectivity index is 2.48. The van der Waals surface area contributed by atoms with Crippen molar-refractivity contribution < 1.29 is 4.39 Å². The van der Waals surface area contributed by atoms with Crippen molar-refractivity contribution in [2.24, 2.45) is 11.7 Å². The summed E-state index contributed by atoms with van der Waals surface area (Å²) in [6.07, 6.45) is 3.92. The summed E-state index contributed by atoms with van der Waals surface area (Å²) in [6, 6.07) is 0. The highest BCUT2D eigenvalue weighted by Gasteiger charge is 2.35. The quantitative estimate of drug-likeness (QED) is 0.630. The van der Waals surface area contributed by atoms with Gasteiger partial charge in [0.25, 0.3) is 0 Å². The lowest BCUT2D eigenvalue weighted by Gasteiger charge is -2.27. The third kappa shape index (κ3) is 1.31. The third-order valence-electron chi connectivity index (χ3n) is 2.82. The van der Waals surface area contributed by atoms with Crippen LogP contribution in [0, 0.1) is 5.92 Å². The number of rotatable bonds is 2. The van der Waals surface area contributed by atoms with E-state index in [1.165, 1.54) is 12.8 Å². The Hall–Kier alpha value is -0.110. The Bertz CT molecular complexity index is 116. The molecule has 2 heteroatoms. The number of alkyl halides is 1. The normalized spacial score (nSPS) is 40.5. The summed E-state index contributed by atoms with van der Waals surface area (Å²) in [4.78, 5) is 0. The molecule has 60 valence electrons. The summed E-state index contributed by atoms with van der Waals surface area (Å²) in [6.45, 7) is 1.86. The Morgan fingerprint density at radius 2 is 2.40 bits per heavy atom. The molecule has 0 bridgehead atoms. The molecule has 1 rings (SSSR count). The molecule has 2 unspecified atom stereocenters. The van der Waals surface area contributed by atoms with E-state index < -0.39 is 0 Å². The molecule has 0 aromatic heterocycles. The van der Waals surface area contributed by atoms with Gasteiger partial charge in [-0.1, -0.05) is 13.3 Å². The van der Waals surface area contributed by atoms with Gasteiger partial charge in [0.05, 0.1) is 6.67 Å². The van der Waals surface area contributed by atoms with E-state index in [9.17, 15) is 4.39 Å². The first-order chi connectivity index (χ1) is 4.69. The lowest BCUT2D eigenvalue weighted by molar-refractivity contribution is 0.279. The molecule has 10 heavy (non-hydrogen) atoms. The van der Waals surface area contributed by atoms with Gasteiger partial charge in [-0.05, 0) is 25.2 Å². The zero-order valence-corrected chi connectivity index (χ0v) is 6.57. The SMILES string of the molecule is CC1CCCC1(N)CCF. The van der Waals surface area contributed by atoms with Gasteiger partial charge in [0.1, 0.15) is 0 Å². The second-order valence-corrected chi connectivity index (χ2v) is 3.47. The van der Waals surface area contributed by atoms with Crippen LogP contribution in [-0.4, -0.2) is 12.2 Å². The maximum absolute atomic E-state index is 12.0. The number of hydrogen-bond donors (Lipinski definition) is 1. The first-order valence-electron chi connectivity index (χ1n) is 4.04. The first-order valence-corrected chi connectivity index (χ1v) is 4.04. The van der Waals surface area contributed by atoms with Gasteiger partial charge >= 0.3 is 0 Å². The van der Waals surface area contributed by atoms with Crippen LogP contribution in [0.1, 0.15) is 32.6 Å². The van der Waals surface area contributed by atoms with Crippen LogP contribution in [0.4, 0.5) is 4.39 Å². The lowest BCUT2D eigenvalue weighted by atomic mass is 9.87. The van der Waals surface area contributed by atoms with E-state index >= 15 is 0 Å². The van der Waals surface area contributed by atoms with E-state index in [0.717, 1.165) is 6.42 Å². The van der Waals surface area contributed by atoms with Crippen LogP contribution >= 0.6 is 0 Å². The molecule has 0 aromatic carbocycles. The maximum Gasteiger partial charge on any atom is 0.0912 e. The fraction of sp³-hybridized carbons (Fsp3) is 1.00. The molecule has 0 amide bonds. The largest absolute Gasteiger partial charge is 0.325 e. The van der Waals surface area contributed by atoms with Crippen molar-refractivity contribution in [3.63, 3.8) is 0 Å². The average molecular weight is 145 g/mol. The highest BCUT2D eigenvalue weighted by molar-refractivity contribution is 4.93. The molecule has 2 N–H and O–H groups in total. The summed E-state index contributed by atoms with van der Waals surface area (Å²) in [5, 5.41) is 0. The molecule has 1 nitrogen and oxygen atoms in total. The molecule has 1 saturated carbocycles. The van der Waals surface area contributed by atoms with Crippen LogP contribution in [0.15, 0.2) is 0 Å². The van der Waals surface area contributed by atoms with Crippen molar-refractivity contribution in [1.82, 2.24) is 0 Å². The van der Waals surface area contributed by atoms with Crippen molar-refractivity contribution in [1.29, 1.82) is 0 Å². The summed E-state index contributed by atoms with van der Waals surface area (Å²) in [5.41, 5.74) is 5.80.